The molecule has 1 aliphatic rings. The molecule has 1 aliphatic heterocycles. The Kier molecular flexibility index (Phi) is 3.40. The summed E-state index contributed by atoms with van der Waals surface area (Å²) in [6.07, 6.45) is 0. The van der Waals surface area contributed by atoms with Gasteiger partial charge in [-0.15, -0.1) is 0 Å². The summed E-state index contributed by atoms with van der Waals surface area (Å²) in [5, 5.41) is 0. The fraction of sp³-hybridized carbons (Fsp3) is 0.571. The maximum atomic E-state index is 5.85. The molecular formula is C14H22N2O. The lowest BCUT2D eigenvalue weighted by Gasteiger charge is -2.45. The lowest BCUT2D eigenvalue weighted by Crippen LogP contribution is -2.53. The normalized spacial score (nSPS) is 22.3. The van der Waals surface area contributed by atoms with Crippen LogP contribution in [0.4, 0.5) is 5.69 Å². The van der Waals surface area contributed by atoms with E-state index < -0.39 is 0 Å². The third kappa shape index (κ3) is 2.61. The van der Waals surface area contributed by atoms with Crippen LogP contribution in [0.15, 0.2) is 24.3 Å². The molecule has 1 aromatic rings. The highest BCUT2D eigenvalue weighted by Gasteiger charge is 2.34. The number of ether oxygens (including phenoxy) is 1. The minimum Gasteiger partial charge on any atom is -0.399 e. The van der Waals surface area contributed by atoms with Crippen LogP contribution in [0.3, 0.4) is 0 Å². The van der Waals surface area contributed by atoms with E-state index in [1.165, 1.54) is 5.56 Å². The fourth-order valence-electron chi connectivity index (χ4n) is 2.59. The van der Waals surface area contributed by atoms with Crippen molar-refractivity contribution in [2.75, 3.05) is 25.5 Å². The number of nitrogen functional groups attached to an aromatic ring is 1. The molecule has 1 aromatic carbocycles. The molecule has 3 heteroatoms. The Morgan fingerprint density at radius 1 is 1.41 bits per heavy atom. The predicted molar refractivity (Wildman–Crippen MR) is 70.9 cm³/mol. The third-order valence-electron chi connectivity index (χ3n) is 3.57. The first-order valence-electron chi connectivity index (χ1n) is 6.21. The molecule has 0 spiro atoms. The van der Waals surface area contributed by atoms with E-state index in [2.05, 4.69) is 37.8 Å². The van der Waals surface area contributed by atoms with Crippen molar-refractivity contribution in [3.8, 4) is 0 Å². The third-order valence-corrected chi connectivity index (χ3v) is 3.57. The maximum Gasteiger partial charge on any atom is 0.0645 e. The molecule has 2 rings (SSSR count). The fourth-order valence-corrected chi connectivity index (χ4v) is 2.59. The highest BCUT2D eigenvalue weighted by Crippen LogP contribution is 2.30. The second kappa shape index (κ2) is 4.67. The van der Waals surface area contributed by atoms with Gasteiger partial charge in [0.05, 0.1) is 13.2 Å². The first kappa shape index (κ1) is 12.4. The van der Waals surface area contributed by atoms with E-state index in [9.17, 15) is 0 Å². The Balaban J connectivity index is 2.21. The molecule has 1 unspecified atom stereocenters. The van der Waals surface area contributed by atoms with Crippen LogP contribution in [0.2, 0.25) is 0 Å². The Morgan fingerprint density at radius 2 is 2.18 bits per heavy atom. The van der Waals surface area contributed by atoms with Crippen LogP contribution in [0.5, 0.6) is 0 Å². The summed E-state index contributed by atoms with van der Waals surface area (Å²) in [4.78, 5) is 2.49. The zero-order chi connectivity index (χ0) is 12.5. The zero-order valence-electron chi connectivity index (χ0n) is 10.9. The molecule has 1 saturated heterocycles. The quantitative estimate of drug-likeness (QED) is 0.799. The smallest absolute Gasteiger partial charge is 0.0645 e. The molecule has 0 amide bonds. The largest absolute Gasteiger partial charge is 0.399 e. The maximum absolute atomic E-state index is 5.85. The Morgan fingerprint density at radius 3 is 2.82 bits per heavy atom. The molecule has 2 N–H and O–H groups in total. The molecular weight excluding hydrogens is 212 g/mol. The SMILES string of the molecule is CC(c1cccc(N)c1)N1CCOCC1(C)C. The van der Waals surface area contributed by atoms with E-state index in [1.54, 1.807) is 0 Å². The summed E-state index contributed by atoms with van der Waals surface area (Å²) < 4.78 is 5.56. The topological polar surface area (TPSA) is 38.5 Å². The van der Waals surface area contributed by atoms with Gasteiger partial charge in [-0.25, -0.2) is 0 Å². The van der Waals surface area contributed by atoms with Gasteiger partial charge in [0.15, 0.2) is 0 Å². The van der Waals surface area contributed by atoms with Crippen molar-refractivity contribution in [2.45, 2.75) is 32.4 Å². The monoisotopic (exact) mass is 234 g/mol. The van der Waals surface area contributed by atoms with E-state index in [0.29, 0.717) is 6.04 Å². The molecule has 3 nitrogen and oxygen atoms in total. The molecule has 94 valence electrons. The van der Waals surface area contributed by atoms with E-state index in [-0.39, 0.29) is 5.54 Å². The van der Waals surface area contributed by atoms with Gasteiger partial charge in [0.2, 0.25) is 0 Å². The number of rotatable bonds is 2. The molecule has 0 aliphatic carbocycles. The highest BCUT2D eigenvalue weighted by atomic mass is 16.5. The van der Waals surface area contributed by atoms with Crippen LogP contribution in [0, 0.1) is 0 Å². The summed E-state index contributed by atoms with van der Waals surface area (Å²) in [7, 11) is 0. The number of nitrogens with zero attached hydrogens (tertiary/aromatic N) is 1. The average Bonchev–Trinajstić information content (AvgIpc) is 2.27. The molecule has 0 radical (unpaired) electrons. The van der Waals surface area contributed by atoms with Crippen LogP contribution < -0.4 is 5.73 Å². The van der Waals surface area contributed by atoms with Crippen LogP contribution in [0.25, 0.3) is 0 Å². The molecule has 0 aromatic heterocycles. The first-order chi connectivity index (χ1) is 8.00. The highest BCUT2D eigenvalue weighted by molar-refractivity contribution is 5.41. The van der Waals surface area contributed by atoms with Crippen molar-refractivity contribution >= 4 is 5.69 Å². The Hall–Kier alpha value is -1.06. The summed E-state index contributed by atoms with van der Waals surface area (Å²) in [6.45, 7) is 9.28. The van der Waals surface area contributed by atoms with Gasteiger partial charge in [-0.1, -0.05) is 12.1 Å². The summed E-state index contributed by atoms with van der Waals surface area (Å²) in [5.74, 6) is 0. The van der Waals surface area contributed by atoms with Crippen molar-refractivity contribution in [2.24, 2.45) is 0 Å². The summed E-state index contributed by atoms with van der Waals surface area (Å²) in [5.41, 5.74) is 8.05. The van der Waals surface area contributed by atoms with E-state index in [0.717, 1.165) is 25.4 Å². The number of morpholine rings is 1. The van der Waals surface area contributed by atoms with Gasteiger partial charge >= 0.3 is 0 Å². The van der Waals surface area contributed by atoms with Crippen molar-refractivity contribution in [1.29, 1.82) is 0 Å². The van der Waals surface area contributed by atoms with Gasteiger partial charge in [-0.2, -0.15) is 0 Å². The predicted octanol–water partition coefficient (Wildman–Crippen LogP) is 2.44. The van der Waals surface area contributed by atoms with Gasteiger partial charge in [0, 0.05) is 23.8 Å². The zero-order valence-corrected chi connectivity index (χ0v) is 10.9. The number of hydrogen-bond donors (Lipinski definition) is 1. The summed E-state index contributed by atoms with van der Waals surface area (Å²) >= 11 is 0. The van der Waals surface area contributed by atoms with Crippen molar-refractivity contribution in [3.63, 3.8) is 0 Å². The van der Waals surface area contributed by atoms with Gasteiger partial charge in [0.25, 0.3) is 0 Å². The van der Waals surface area contributed by atoms with Crippen LogP contribution in [-0.2, 0) is 4.74 Å². The average molecular weight is 234 g/mol. The molecule has 0 saturated carbocycles. The number of hydrogen-bond acceptors (Lipinski definition) is 3. The van der Waals surface area contributed by atoms with Crippen LogP contribution >= 0.6 is 0 Å². The van der Waals surface area contributed by atoms with Crippen LogP contribution in [0.1, 0.15) is 32.4 Å². The van der Waals surface area contributed by atoms with E-state index in [1.807, 2.05) is 12.1 Å². The molecule has 17 heavy (non-hydrogen) atoms. The van der Waals surface area contributed by atoms with Crippen molar-refractivity contribution in [3.05, 3.63) is 29.8 Å². The number of nitrogens with two attached hydrogens (primary N) is 1. The molecule has 1 fully saturated rings. The summed E-state index contributed by atoms with van der Waals surface area (Å²) in [6, 6.07) is 8.54. The van der Waals surface area contributed by atoms with Crippen LogP contribution in [-0.4, -0.2) is 30.2 Å². The minimum atomic E-state index is 0.0856. The van der Waals surface area contributed by atoms with Gasteiger partial charge in [-0.3, -0.25) is 4.90 Å². The second-order valence-electron chi connectivity index (χ2n) is 5.40. The minimum absolute atomic E-state index is 0.0856. The molecule has 1 heterocycles. The second-order valence-corrected chi connectivity index (χ2v) is 5.40. The first-order valence-corrected chi connectivity index (χ1v) is 6.21. The lowest BCUT2D eigenvalue weighted by molar-refractivity contribution is -0.0695. The molecule has 0 bridgehead atoms. The number of benzene rings is 1. The Labute approximate surface area is 104 Å². The number of anilines is 1. The van der Waals surface area contributed by atoms with Crippen molar-refractivity contribution < 1.29 is 4.74 Å². The van der Waals surface area contributed by atoms with Gasteiger partial charge in [-0.05, 0) is 38.5 Å². The van der Waals surface area contributed by atoms with Crippen molar-refractivity contribution in [1.82, 2.24) is 4.90 Å². The standard InChI is InChI=1S/C14H22N2O/c1-11(12-5-4-6-13(15)9-12)16-7-8-17-10-14(16,2)3/h4-6,9,11H,7-8,10,15H2,1-3H3. The molecule has 1 atom stereocenters. The lowest BCUT2D eigenvalue weighted by atomic mass is 9.96. The van der Waals surface area contributed by atoms with Gasteiger partial charge in [0.1, 0.15) is 0 Å². The van der Waals surface area contributed by atoms with E-state index in [4.69, 9.17) is 10.5 Å². The Bertz CT molecular complexity index is 390. The van der Waals surface area contributed by atoms with E-state index >= 15 is 0 Å². The van der Waals surface area contributed by atoms with Gasteiger partial charge < -0.3 is 10.5 Å².